The summed E-state index contributed by atoms with van der Waals surface area (Å²) in [5.41, 5.74) is 0. The molecule has 0 saturated carbocycles. The van der Waals surface area contributed by atoms with E-state index in [9.17, 15) is 8.78 Å². The van der Waals surface area contributed by atoms with Gasteiger partial charge in [0.2, 0.25) is 5.88 Å². The number of imidazole rings is 1. The first-order valence-corrected chi connectivity index (χ1v) is 7.89. The van der Waals surface area contributed by atoms with Gasteiger partial charge in [-0.25, -0.2) is 4.98 Å². The van der Waals surface area contributed by atoms with Crippen molar-refractivity contribution in [1.29, 1.82) is 0 Å². The molecule has 2 aromatic rings. The largest absolute Gasteiger partial charge is 0.477 e. The molecule has 130 valence electrons. The highest BCUT2D eigenvalue weighted by Crippen LogP contribution is 2.18. The molecule has 1 aliphatic heterocycles. The van der Waals surface area contributed by atoms with Gasteiger partial charge in [-0.3, -0.25) is 14.5 Å². The first-order chi connectivity index (χ1) is 11.7. The molecule has 0 spiro atoms. The zero-order valence-corrected chi connectivity index (χ0v) is 13.5. The molecule has 0 bridgehead atoms. The topological polar surface area (TPSA) is 59.3 Å². The van der Waals surface area contributed by atoms with E-state index in [1.54, 1.807) is 12.4 Å². The second-order valence-electron chi connectivity index (χ2n) is 5.44. The van der Waals surface area contributed by atoms with Crippen molar-refractivity contribution in [2.75, 3.05) is 37.7 Å². The fourth-order valence-corrected chi connectivity index (χ4v) is 2.69. The summed E-state index contributed by atoms with van der Waals surface area (Å²) in [4.78, 5) is 16.8. The van der Waals surface area contributed by atoms with Crippen molar-refractivity contribution in [2.45, 2.75) is 20.0 Å². The van der Waals surface area contributed by atoms with Crippen LogP contribution < -0.4 is 9.64 Å². The summed E-state index contributed by atoms with van der Waals surface area (Å²) >= 11 is 0. The highest BCUT2D eigenvalue weighted by Gasteiger charge is 2.21. The molecule has 1 aliphatic rings. The minimum Gasteiger partial charge on any atom is -0.477 e. The van der Waals surface area contributed by atoms with Crippen LogP contribution in [0.4, 0.5) is 14.6 Å². The van der Waals surface area contributed by atoms with E-state index in [0.29, 0.717) is 24.9 Å². The van der Waals surface area contributed by atoms with Crippen LogP contribution in [0.3, 0.4) is 0 Å². The second-order valence-corrected chi connectivity index (χ2v) is 5.44. The van der Waals surface area contributed by atoms with Crippen molar-refractivity contribution < 1.29 is 13.5 Å². The molecule has 0 aliphatic carbocycles. The third-order valence-electron chi connectivity index (χ3n) is 3.91. The zero-order valence-electron chi connectivity index (χ0n) is 13.5. The smallest absolute Gasteiger partial charge is 0.319 e. The molecule has 0 amide bonds. The lowest BCUT2D eigenvalue weighted by atomic mass is 10.3. The number of ether oxygens (including phenoxy) is 1. The Morgan fingerprint density at radius 3 is 2.71 bits per heavy atom. The third-order valence-corrected chi connectivity index (χ3v) is 3.91. The molecule has 3 heterocycles. The summed E-state index contributed by atoms with van der Waals surface area (Å²) < 4.78 is 32.0. The standard InChI is InChI=1S/C15H20F2N6O/c1-2-24-14-10-18-9-12(20-14)22-7-5-21(6-8-22)11-13-19-3-4-23(13)15(16)17/h3-4,9-10,15H,2,5-8,11H2,1H3. The Kier molecular flexibility index (Phi) is 5.19. The van der Waals surface area contributed by atoms with E-state index < -0.39 is 6.55 Å². The van der Waals surface area contributed by atoms with Crippen molar-refractivity contribution in [3.63, 3.8) is 0 Å². The van der Waals surface area contributed by atoms with Gasteiger partial charge in [-0.2, -0.15) is 13.8 Å². The lowest BCUT2D eigenvalue weighted by Crippen LogP contribution is -2.46. The molecular formula is C15H20F2N6O. The zero-order chi connectivity index (χ0) is 16.9. The number of piperazine rings is 1. The Bertz CT molecular complexity index is 657. The van der Waals surface area contributed by atoms with Crippen LogP contribution >= 0.6 is 0 Å². The molecule has 7 nitrogen and oxygen atoms in total. The molecular weight excluding hydrogens is 318 g/mol. The molecule has 3 rings (SSSR count). The van der Waals surface area contributed by atoms with Gasteiger partial charge >= 0.3 is 6.55 Å². The lowest BCUT2D eigenvalue weighted by Gasteiger charge is -2.35. The minimum atomic E-state index is -2.56. The van der Waals surface area contributed by atoms with Gasteiger partial charge < -0.3 is 9.64 Å². The van der Waals surface area contributed by atoms with E-state index in [2.05, 4.69) is 24.8 Å². The first-order valence-electron chi connectivity index (χ1n) is 7.89. The van der Waals surface area contributed by atoms with Gasteiger partial charge in [0.15, 0.2) is 5.82 Å². The summed E-state index contributed by atoms with van der Waals surface area (Å²) in [6.07, 6.45) is 6.02. The van der Waals surface area contributed by atoms with Crippen molar-refractivity contribution in [3.8, 4) is 5.88 Å². The number of halogens is 2. The van der Waals surface area contributed by atoms with E-state index >= 15 is 0 Å². The van der Waals surface area contributed by atoms with Crippen LogP contribution in [0.25, 0.3) is 0 Å². The van der Waals surface area contributed by atoms with E-state index in [1.165, 1.54) is 12.4 Å². The van der Waals surface area contributed by atoms with Gasteiger partial charge in [0.25, 0.3) is 0 Å². The summed E-state index contributed by atoms with van der Waals surface area (Å²) in [7, 11) is 0. The van der Waals surface area contributed by atoms with E-state index in [0.717, 1.165) is 36.6 Å². The SMILES string of the molecule is CCOc1cncc(N2CCN(Cc3nccn3C(F)F)CC2)n1. The predicted molar refractivity (Wildman–Crippen MR) is 84.2 cm³/mol. The number of nitrogens with zero attached hydrogens (tertiary/aromatic N) is 6. The maximum atomic E-state index is 12.9. The van der Waals surface area contributed by atoms with Crippen LogP contribution in [0.2, 0.25) is 0 Å². The van der Waals surface area contributed by atoms with Crippen molar-refractivity contribution in [1.82, 2.24) is 24.4 Å². The van der Waals surface area contributed by atoms with Crippen LogP contribution in [0.15, 0.2) is 24.8 Å². The van der Waals surface area contributed by atoms with Crippen LogP contribution in [0.1, 0.15) is 19.3 Å². The Morgan fingerprint density at radius 2 is 2.00 bits per heavy atom. The molecule has 0 radical (unpaired) electrons. The van der Waals surface area contributed by atoms with Gasteiger partial charge in [-0.15, -0.1) is 0 Å². The predicted octanol–water partition coefficient (Wildman–Crippen LogP) is 1.79. The van der Waals surface area contributed by atoms with Gasteiger partial charge in [-0.05, 0) is 6.92 Å². The first kappa shape index (κ1) is 16.6. The van der Waals surface area contributed by atoms with Gasteiger partial charge in [0.05, 0.1) is 25.5 Å². The molecule has 0 aromatic carbocycles. The van der Waals surface area contributed by atoms with Gasteiger partial charge in [-0.1, -0.05) is 0 Å². The number of hydrogen-bond acceptors (Lipinski definition) is 6. The molecule has 24 heavy (non-hydrogen) atoms. The van der Waals surface area contributed by atoms with Crippen molar-refractivity contribution in [3.05, 3.63) is 30.6 Å². The molecule has 2 aromatic heterocycles. The maximum Gasteiger partial charge on any atom is 0.319 e. The number of anilines is 1. The average Bonchev–Trinajstić information content (AvgIpc) is 3.05. The average molecular weight is 338 g/mol. The molecule has 0 unspecified atom stereocenters. The third kappa shape index (κ3) is 3.78. The van der Waals surface area contributed by atoms with Crippen LogP contribution in [-0.4, -0.2) is 57.2 Å². The summed E-state index contributed by atoms with van der Waals surface area (Å²) in [6, 6.07) is 0. The van der Waals surface area contributed by atoms with Crippen molar-refractivity contribution >= 4 is 5.82 Å². The monoisotopic (exact) mass is 338 g/mol. The Balaban J connectivity index is 1.57. The number of rotatable bonds is 6. The number of hydrogen-bond donors (Lipinski definition) is 0. The van der Waals surface area contributed by atoms with E-state index in [1.807, 2.05) is 6.92 Å². The molecule has 1 saturated heterocycles. The summed E-state index contributed by atoms with van der Waals surface area (Å²) in [5.74, 6) is 1.67. The normalized spacial score (nSPS) is 15.9. The fraction of sp³-hybridized carbons (Fsp3) is 0.533. The highest BCUT2D eigenvalue weighted by atomic mass is 19.3. The van der Waals surface area contributed by atoms with E-state index in [4.69, 9.17) is 4.74 Å². The summed E-state index contributed by atoms with van der Waals surface area (Å²) in [5, 5.41) is 0. The fourth-order valence-electron chi connectivity index (χ4n) is 2.69. The van der Waals surface area contributed by atoms with Gasteiger partial charge in [0.1, 0.15) is 5.82 Å². The van der Waals surface area contributed by atoms with Crippen LogP contribution in [0.5, 0.6) is 5.88 Å². The van der Waals surface area contributed by atoms with Crippen LogP contribution in [0, 0.1) is 0 Å². The Morgan fingerprint density at radius 1 is 1.21 bits per heavy atom. The molecule has 1 fully saturated rings. The quantitative estimate of drug-likeness (QED) is 0.800. The highest BCUT2D eigenvalue weighted by molar-refractivity contribution is 5.38. The second kappa shape index (κ2) is 7.52. The van der Waals surface area contributed by atoms with Crippen molar-refractivity contribution in [2.24, 2.45) is 0 Å². The van der Waals surface area contributed by atoms with Gasteiger partial charge in [0, 0.05) is 38.6 Å². The Hall–Kier alpha value is -2.29. The molecule has 0 N–H and O–H groups in total. The maximum absolute atomic E-state index is 12.9. The lowest BCUT2D eigenvalue weighted by molar-refractivity contribution is 0.0637. The van der Waals surface area contributed by atoms with E-state index in [-0.39, 0.29) is 0 Å². The molecule has 9 heteroatoms. The number of aromatic nitrogens is 4. The van der Waals surface area contributed by atoms with Crippen LogP contribution in [-0.2, 0) is 6.54 Å². The summed E-state index contributed by atoms with van der Waals surface area (Å²) in [6.45, 7) is 3.29. The Labute approximate surface area is 138 Å². The number of alkyl halides is 2. The minimum absolute atomic E-state index is 0.386. The molecule has 0 atom stereocenters.